The van der Waals surface area contributed by atoms with Crippen molar-refractivity contribution in [2.45, 2.75) is 26.2 Å². The van der Waals surface area contributed by atoms with Crippen LogP contribution < -0.4 is 14.8 Å². The van der Waals surface area contributed by atoms with Crippen LogP contribution in [0.4, 0.5) is 0 Å². The van der Waals surface area contributed by atoms with E-state index in [-0.39, 0.29) is 6.10 Å². The van der Waals surface area contributed by atoms with Gasteiger partial charge in [0.25, 0.3) is 0 Å². The van der Waals surface area contributed by atoms with Crippen molar-refractivity contribution in [2.75, 3.05) is 13.7 Å². The number of hydrogen-bond donors (Lipinski definition) is 2. The van der Waals surface area contributed by atoms with Crippen molar-refractivity contribution in [1.82, 2.24) is 5.32 Å². The third-order valence-corrected chi connectivity index (χ3v) is 3.23. The number of benzene rings is 2. The molecule has 1 unspecified atom stereocenters. The van der Waals surface area contributed by atoms with Crippen molar-refractivity contribution in [3.63, 3.8) is 0 Å². The molecule has 4 nitrogen and oxygen atoms in total. The summed E-state index contributed by atoms with van der Waals surface area (Å²) in [5.41, 5.74) is 2.21. The van der Waals surface area contributed by atoms with E-state index in [1.54, 1.807) is 14.0 Å². The average Bonchev–Trinajstić information content (AvgIpc) is 2.54. The van der Waals surface area contributed by atoms with Gasteiger partial charge in [0.05, 0.1) is 13.2 Å². The Morgan fingerprint density at radius 1 is 1.05 bits per heavy atom. The largest absolute Gasteiger partial charge is 0.493 e. The summed E-state index contributed by atoms with van der Waals surface area (Å²) in [4.78, 5) is 0. The lowest BCUT2D eigenvalue weighted by molar-refractivity contribution is 0.191. The van der Waals surface area contributed by atoms with Crippen molar-refractivity contribution >= 4 is 0 Å². The minimum atomic E-state index is -0.352. The number of methoxy groups -OCH3 is 1. The van der Waals surface area contributed by atoms with Crippen LogP contribution in [0.2, 0.25) is 0 Å². The lowest BCUT2D eigenvalue weighted by Crippen LogP contribution is -2.23. The molecule has 118 valence electrons. The van der Waals surface area contributed by atoms with Crippen LogP contribution in [0.3, 0.4) is 0 Å². The number of aliphatic hydroxyl groups is 1. The molecule has 0 saturated carbocycles. The van der Waals surface area contributed by atoms with Crippen LogP contribution in [0.5, 0.6) is 11.5 Å². The summed E-state index contributed by atoms with van der Waals surface area (Å²) >= 11 is 0. The summed E-state index contributed by atoms with van der Waals surface area (Å²) in [6, 6.07) is 15.9. The van der Waals surface area contributed by atoms with E-state index >= 15 is 0 Å². The third kappa shape index (κ3) is 5.06. The van der Waals surface area contributed by atoms with E-state index in [2.05, 4.69) is 5.32 Å². The molecule has 0 aromatic heterocycles. The predicted octanol–water partition coefficient (Wildman–Crippen LogP) is 2.74. The van der Waals surface area contributed by atoms with Crippen LogP contribution in [-0.4, -0.2) is 24.9 Å². The third-order valence-electron chi connectivity index (χ3n) is 3.23. The van der Waals surface area contributed by atoms with Crippen molar-refractivity contribution in [3.8, 4) is 11.5 Å². The Hall–Kier alpha value is -2.04. The highest BCUT2D eigenvalue weighted by Crippen LogP contribution is 2.28. The fraction of sp³-hybridized carbons (Fsp3) is 0.333. The lowest BCUT2D eigenvalue weighted by atomic mass is 10.2. The number of rotatable bonds is 8. The molecule has 0 aliphatic rings. The molecule has 0 fully saturated rings. The Morgan fingerprint density at radius 2 is 1.82 bits per heavy atom. The molecule has 2 N–H and O–H groups in total. The molecule has 22 heavy (non-hydrogen) atoms. The summed E-state index contributed by atoms with van der Waals surface area (Å²) in [6.45, 7) is 3.51. The van der Waals surface area contributed by atoms with E-state index in [9.17, 15) is 5.11 Å². The molecule has 1 atom stereocenters. The molecule has 0 saturated heterocycles. The van der Waals surface area contributed by atoms with Gasteiger partial charge in [-0.05, 0) is 30.2 Å². The molecule has 4 heteroatoms. The molecule has 2 rings (SSSR count). The Morgan fingerprint density at radius 3 is 2.50 bits per heavy atom. The first kappa shape index (κ1) is 16.3. The van der Waals surface area contributed by atoms with Crippen LogP contribution in [0.1, 0.15) is 18.1 Å². The molecule has 0 aliphatic heterocycles. The standard InChI is InChI=1S/C18H23NO3/c1-14(20)11-19-12-16-8-9-17(18(10-16)21-2)22-13-15-6-4-3-5-7-15/h3-10,14,19-20H,11-13H2,1-2H3. The summed E-state index contributed by atoms with van der Waals surface area (Å²) in [7, 11) is 1.64. The highest BCUT2D eigenvalue weighted by molar-refractivity contribution is 5.43. The first-order valence-electron chi connectivity index (χ1n) is 7.41. The van der Waals surface area contributed by atoms with Crippen LogP contribution in [0, 0.1) is 0 Å². The number of ether oxygens (including phenoxy) is 2. The van der Waals surface area contributed by atoms with Gasteiger partial charge >= 0.3 is 0 Å². The van der Waals surface area contributed by atoms with Gasteiger partial charge in [-0.3, -0.25) is 0 Å². The van der Waals surface area contributed by atoms with E-state index < -0.39 is 0 Å². The maximum absolute atomic E-state index is 9.25. The monoisotopic (exact) mass is 301 g/mol. The molecule has 0 bridgehead atoms. The summed E-state index contributed by atoms with van der Waals surface area (Å²) in [5.74, 6) is 1.44. The van der Waals surface area contributed by atoms with Gasteiger partial charge in [-0.2, -0.15) is 0 Å². The average molecular weight is 301 g/mol. The van der Waals surface area contributed by atoms with Crippen LogP contribution >= 0.6 is 0 Å². The Balaban J connectivity index is 1.96. The van der Waals surface area contributed by atoms with E-state index in [1.807, 2.05) is 48.5 Å². The smallest absolute Gasteiger partial charge is 0.161 e. The number of nitrogens with one attached hydrogen (secondary N) is 1. The van der Waals surface area contributed by atoms with E-state index in [1.165, 1.54) is 0 Å². The predicted molar refractivity (Wildman–Crippen MR) is 87.2 cm³/mol. The van der Waals surface area contributed by atoms with Crippen molar-refractivity contribution < 1.29 is 14.6 Å². The van der Waals surface area contributed by atoms with Crippen LogP contribution in [0.15, 0.2) is 48.5 Å². The van der Waals surface area contributed by atoms with Gasteiger partial charge in [0, 0.05) is 13.1 Å². The van der Waals surface area contributed by atoms with Gasteiger partial charge in [0.15, 0.2) is 11.5 Å². The molecular formula is C18H23NO3. The van der Waals surface area contributed by atoms with Gasteiger partial charge in [-0.15, -0.1) is 0 Å². The summed E-state index contributed by atoms with van der Waals surface area (Å²) in [6.07, 6.45) is -0.352. The minimum Gasteiger partial charge on any atom is -0.493 e. The molecule has 0 spiro atoms. The molecule has 0 amide bonds. The highest BCUT2D eigenvalue weighted by Gasteiger charge is 2.06. The lowest BCUT2D eigenvalue weighted by Gasteiger charge is -2.13. The quantitative estimate of drug-likeness (QED) is 0.787. The zero-order valence-corrected chi connectivity index (χ0v) is 13.1. The Kier molecular flexibility index (Phi) is 6.25. The fourth-order valence-electron chi connectivity index (χ4n) is 2.10. The van der Waals surface area contributed by atoms with Gasteiger partial charge in [0.2, 0.25) is 0 Å². The minimum absolute atomic E-state index is 0.352. The van der Waals surface area contributed by atoms with Gasteiger partial charge in [0.1, 0.15) is 6.61 Å². The van der Waals surface area contributed by atoms with Crippen molar-refractivity contribution in [3.05, 3.63) is 59.7 Å². The van der Waals surface area contributed by atoms with Crippen molar-refractivity contribution in [2.24, 2.45) is 0 Å². The number of aliphatic hydroxyl groups excluding tert-OH is 1. The van der Waals surface area contributed by atoms with Crippen LogP contribution in [0.25, 0.3) is 0 Å². The van der Waals surface area contributed by atoms with Gasteiger partial charge in [-0.1, -0.05) is 36.4 Å². The topological polar surface area (TPSA) is 50.7 Å². The SMILES string of the molecule is COc1cc(CNCC(C)O)ccc1OCc1ccccc1. The van der Waals surface area contributed by atoms with Crippen LogP contribution in [-0.2, 0) is 13.2 Å². The van der Waals surface area contributed by atoms with Gasteiger partial charge in [-0.25, -0.2) is 0 Å². The molecule has 0 heterocycles. The second kappa shape index (κ2) is 8.41. The summed E-state index contributed by atoms with van der Waals surface area (Å²) in [5, 5.41) is 12.4. The number of hydrogen-bond acceptors (Lipinski definition) is 4. The molecular weight excluding hydrogens is 278 g/mol. The van der Waals surface area contributed by atoms with E-state index in [0.29, 0.717) is 25.4 Å². The maximum Gasteiger partial charge on any atom is 0.161 e. The fourth-order valence-corrected chi connectivity index (χ4v) is 2.10. The molecule has 2 aromatic rings. The molecule has 0 aliphatic carbocycles. The molecule has 2 aromatic carbocycles. The normalized spacial score (nSPS) is 12.0. The first-order chi connectivity index (χ1) is 10.7. The molecule has 0 radical (unpaired) electrons. The maximum atomic E-state index is 9.25. The van der Waals surface area contributed by atoms with Crippen molar-refractivity contribution in [1.29, 1.82) is 0 Å². The Bertz CT molecular complexity index is 570. The Labute approximate surface area is 131 Å². The highest BCUT2D eigenvalue weighted by atomic mass is 16.5. The zero-order chi connectivity index (χ0) is 15.8. The van der Waals surface area contributed by atoms with E-state index in [4.69, 9.17) is 9.47 Å². The first-order valence-corrected chi connectivity index (χ1v) is 7.41. The second-order valence-corrected chi connectivity index (χ2v) is 5.24. The zero-order valence-electron chi connectivity index (χ0n) is 13.1. The van der Waals surface area contributed by atoms with E-state index in [0.717, 1.165) is 16.9 Å². The summed E-state index contributed by atoms with van der Waals surface area (Å²) < 4.78 is 11.2. The second-order valence-electron chi connectivity index (χ2n) is 5.24. The van der Waals surface area contributed by atoms with Gasteiger partial charge < -0.3 is 19.9 Å².